The molecule has 5 rings (SSSR count). The number of nitriles is 1. The van der Waals surface area contributed by atoms with Gasteiger partial charge in [-0.25, -0.2) is 14.3 Å². The second kappa shape index (κ2) is 12.3. The number of amides is 2. The summed E-state index contributed by atoms with van der Waals surface area (Å²) < 4.78 is 2.94. The number of carbonyl (C=O) groups excluding carboxylic acids is 2. The van der Waals surface area contributed by atoms with Crippen LogP contribution in [0.4, 0.5) is 5.69 Å². The second-order valence-corrected chi connectivity index (χ2v) is 11.9. The third-order valence-corrected chi connectivity index (χ3v) is 6.92. The molecule has 0 fully saturated rings. The molecule has 0 unspecified atom stereocenters. The predicted molar refractivity (Wildman–Crippen MR) is 167 cm³/mol. The number of aryl methyl sites for hydroxylation is 1. The number of aromatic nitrogens is 6. The molecule has 5 aromatic rings. The molecule has 2 amide bonds. The highest BCUT2D eigenvalue weighted by Gasteiger charge is 2.25. The van der Waals surface area contributed by atoms with Crippen LogP contribution in [0.2, 0.25) is 10.0 Å². The van der Waals surface area contributed by atoms with E-state index >= 15 is 0 Å². The molecule has 0 aliphatic heterocycles. The minimum absolute atomic E-state index is 0.115. The van der Waals surface area contributed by atoms with Crippen molar-refractivity contribution in [3.63, 3.8) is 0 Å². The largest absolute Gasteiger partial charge is 0.347 e. The fourth-order valence-electron chi connectivity index (χ4n) is 4.44. The van der Waals surface area contributed by atoms with E-state index in [-0.39, 0.29) is 39.9 Å². The Bertz CT molecular complexity index is 1920. The van der Waals surface area contributed by atoms with Gasteiger partial charge in [-0.15, -0.1) is 5.10 Å². The minimum atomic E-state index is -0.566. The third kappa shape index (κ3) is 6.78. The average Bonchev–Trinajstić information content (AvgIpc) is 3.61. The van der Waals surface area contributed by atoms with Gasteiger partial charge in [0.15, 0.2) is 5.82 Å². The highest BCUT2D eigenvalue weighted by atomic mass is 35.5. The molecule has 0 spiro atoms. The van der Waals surface area contributed by atoms with Crippen molar-refractivity contribution in [1.82, 2.24) is 35.1 Å². The lowest BCUT2D eigenvalue weighted by molar-refractivity contribution is 0.0920. The molecule has 2 N–H and O–H groups in total. The number of benzene rings is 2. The number of halogens is 2. The average molecular weight is 629 g/mol. The number of pyridine rings is 1. The Morgan fingerprint density at radius 2 is 1.80 bits per heavy atom. The van der Waals surface area contributed by atoms with E-state index in [2.05, 4.69) is 37.1 Å². The monoisotopic (exact) mass is 627 g/mol. The van der Waals surface area contributed by atoms with Gasteiger partial charge in [0, 0.05) is 22.3 Å². The van der Waals surface area contributed by atoms with Crippen LogP contribution >= 0.6 is 23.2 Å². The van der Waals surface area contributed by atoms with E-state index in [0.717, 1.165) is 5.56 Å². The molecule has 3 heterocycles. The molecule has 222 valence electrons. The van der Waals surface area contributed by atoms with Gasteiger partial charge in [-0.2, -0.15) is 10.4 Å². The van der Waals surface area contributed by atoms with Crippen LogP contribution in [0.1, 0.15) is 58.4 Å². The first-order chi connectivity index (χ1) is 20.9. The van der Waals surface area contributed by atoms with Crippen LogP contribution in [-0.4, -0.2) is 47.1 Å². The molecule has 0 saturated carbocycles. The van der Waals surface area contributed by atoms with Crippen molar-refractivity contribution < 1.29 is 9.59 Å². The zero-order valence-corrected chi connectivity index (χ0v) is 25.8. The molecule has 44 heavy (non-hydrogen) atoms. The van der Waals surface area contributed by atoms with Crippen molar-refractivity contribution in [2.75, 3.05) is 5.32 Å². The summed E-state index contributed by atoms with van der Waals surface area (Å²) in [5.41, 5.74) is 2.78. The molecule has 0 bridgehead atoms. The fraction of sp³-hybridized carbons (Fsp3) is 0.194. The van der Waals surface area contributed by atoms with E-state index in [4.69, 9.17) is 23.2 Å². The van der Waals surface area contributed by atoms with Gasteiger partial charge in [-0.3, -0.25) is 9.59 Å². The second-order valence-electron chi connectivity index (χ2n) is 11.0. The van der Waals surface area contributed by atoms with E-state index in [1.165, 1.54) is 10.7 Å². The Kier molecular flexibility index (Phi) is 8.49. The fourth-order valence-corrected chi connectivity index (χ4v) is 4.77. The van der Waals surface area contributed by atoms with Crippen LogP contribution in [-0.2, 0) is 6.54 Å². The Balaban J connectivity index is 1.51. The van der Waals surface area contributed by atoms with Crippen LogP contribution in [0, 0.1) is 18.3 Å². The van der Waals surface area contributed by atoms with Gasteiger partial charge in [-0.05, 0) is 75.7 Å². The number of carbonyl (C=O) groups is 2. The molecular weight excluding hydrogens is 601 g/mol. The number of hydrogen-bond acceptors (Lipinski definition) is 7. The summed E-state index contributed by atoms with van der Waals surface area (Å²) in [6.07, 6.45) is 3.30. The first kappa shape index (κ1) is 30.4. The van der Waals surface area contributed by atoms with E-state index in [1.54, 1.807) is 60.4 Å². The number of hydrogen-bond donors (Lipinski definition) is 2. The highest BCUT2D eigenvalue weighted by molar-refractivity contribution is 6.32. The van der Waals surface area contributed by atoms with Crippen LogP contribution in [0.15, 0.2) is 67.0 Å². The summed E-state index contributed by atoms with van der Waals surface area (Å²) in [6.45, 7) is 7.43. The van der Waals surface area contributed by atoms with Gasteiger partial charge >= 0.3 is 0 Å². The minimum Gasteiger partial charge on any atom is -0.347 e. The van der Waals surface area contributed by atoms with E-state index in [1.807, 2.05) is 32.9 Å². The first-order valence-electron chi connectivity index (χ1n) is 13.5. The van der Waals surface area contributed by atoms with Crippen molar-refractivity contribution in [2.45, 2.75) is 39.8 Å². The maximum Gasteiger partial charge on any atom is 0.274 e. The maximum absolute atomic E-state index is 13.9. The van der Waals surface area contributed by atoms with Crippen molar-refractivity contribution in [3.05, 3.63) is 105 Å². The van der Waals surface area contributed by atoms with Crippen molar-refractivity contribution in [3.8, 4) is 23.1 Å². The summed E-state index contributed by atoms with van der Waals surface area (Å²) in [6, 6.07) is 17.3. The molecule has 0 radical (unpaired) electrons. The SMILES string of the molecule is Cc1cc(C#N)cc(C(=O)NC(C)(C)C)c1NC(=O)c1cc(Cn2cc(-c3ccc(Cl)cc3)nn2)nn1-c1ncccc1Cl. The summed E-state index contributed by atoms with van der Waals surface area (Å²) in [4.78, 5) is 31.5. The highest BCUT2D eigenvalue weighted by Crippen LogP contribution is 2.26. The normalized spacial score (nSPS) is 11.2. The summed E-state index contributed by atoms with van der Waals surface area (Å²) in [5.74, 6) is -0.755. The summed E-state index contributed by atoms with van der Waals surface area (Å²) >= 11 is 12.5. The van der Waals surface area contributed by atoms with Crippen LogP contribution in [0.3, 0.4) is 0 Å². The quantitative estimate of drug-likeness (QED) is 0.230. The summed E-state index contributed by atoms with van der Waals surface area (Å²) in [7, 11) is 0. The third-order valence-electron chi connectivity index (χ3n) is 6.37. The Morgan fingerprint density at radius 1 is 1.05 bits per heavy atom. The predicted octanol–water partition coefficient (Wildman–Crippen LogP) is 5.84. The smallest absolute Gasteiger partial charge is 0.274 e. The standard InChI is InChI=1S/C31H27Cl2N9O2/c1-18-12-19(15-34)13-23(29(43)37-31(2,3)4)27(18)36-30(44)26-14-22(39-42(26)28-24(33)6-5-11-35-28)16-41-17-25(38-40-41)20-7-9-21(32)10-8-20/h5-14,17H,16H2,1-4H3,(H,36,44)(H,37,43). The van der Waals surface area contributed by atoms with Gasteiger partial charge < -0.3 is 10.6 Å². The lowest BCUT2D eigenvalue weighted by Crippen LogP contribution is -2.41. The molecule has 0 aliphatic carbocycles. The van der Waals surface area contributed by atoms with Gasteiger partial charge in [-0.1, -0.05) is 40.5 Å². The molecule has 0 saturated heterocycles. The van der Waals surface area contributed by atoms with Crippen molar-refractivity contribution in [1.29, 1.82) is 5.26 Å². The number of nitrogens with zero attached hydrogens (tertiary/aromatic N) is 7. The molecule has 0 atom stereocenters. The molecular formula is C31H27Cl2N9O2. The van der Waals surface area contributed by atoms with E-state index in [0.29, 0.717) is 22.0 Å². The maximum atomic E-state index is 13.9. The zero-order chi connectivity index (χ0) is 31.6. The van der Waals surface area contributed by atoms with Crippen molar-refractivity contribution in [2.24, 2.45) is 0 Å². The lowest BCUT2D eigenvalue weighted by atomic mass is 10.0. The van der Waals surface area contributed by atoms with Gasteiger partial charge in [0.2, 0.25) is 0 Å². The lowest BCUT2D eigenvalue weighted by Gasteiger charge is -2.22. The van der Waals surface area contributed by atoms with Crippen LogP contribution in [0.5, 0.6) is 0 Å². The molecule has 11 nitrogen and oxygen atoms in total. The van der Waals surface area contributed by atoms with E-state index < -0.39 is 17.4 Å². The van der Waals surface area contributed by atoms with Crippen LogP contribution < -0.4 is 10.6 Å². The van der Waals surface area contributed by atoms with E-state index in [9.17, 15) is 14.9 Å². The number of anilines is 1. The topological polar surface area (TPSA) is 143 Å². The van der Waals surface area contributed by atoms with Crippen molar-refractivity contribution >= 4 is 40.7 Å². The Morgan fingerprint density at radius 3 is 2.48 bits per heavy atom. The summed E-state index contributed by atoms with van der Waals surface area (Å²) in [5, 5.41) is 29.3. The van der Waals surface area contributed by atoms with Gasteiger partial charge in [0.1, 0.15) is 11.4 Å². The Hall–Kier alpha value is -5.05. The number of rotatable bonds is 7. The Labute approximate surface area is 263 Å². The molecule has 3 aromatic heterocycles. The first-order valence-corrected chi connectivity index (χ1v) is 14.2. The van der Waals surface area contributed by atoms with Gasteiger partial charge in [0.25, 0.3) is 11.8 Å². The molecule has 13 heteroatoms. The molecule has 0 aliphatic rings. The van der Waals surface area contributed by atoms with Crippen LogP contribution in [0.25, 0.3) is 17.1 Å². The van der Waals surface area contributed by atoms with Gasteiger partial charge in [0.05, 0.1) is 46.3 Å². The number of nitrogens with one attached hydrogen (secondary N) is 2. The zero-order valence-electron chi connectivity index (χ0n) is 24.3. The molecule has 2 aromatic carbocycles.